The van der Waals surface area contributed by atoms with Gasteiger partial charge in [0.2, 0.25) is 0 Å². The molecule has 0 saturated heterocycles. The number of aromatic hydroxyl groups is 1. The molecule has 0 aliphatic rings. The van der Waals surface area contributed by atoms with Crippen molar-refractivity contribution < 1.29 is 9.84 Å². The molecular weight excluding hydrogens is 298 g/mol. The van der Waals surface area contributed by atoms with Crippen molar-refractivity contribution in [1.29, 1.82) is 5.26 Å². The van der Waals surface area contributed by atoms with E-state index >= 15 is 0 Å². The molecule has 0 fully saturated rings. The lowest BCUT2D eigenvalue weighted by Crippen LogP contribution is -1.92. The summed E-state index contributed by atoms with van der Waals surface area (Å²) in [5.74, 6) is 1.34. The topological polar surface area (TPSA) is 53.2 Å². The fourth-order valence-electron chi connectivity index (χ4n) is 1.80. The maximum Gasteiger partial charge on any atom is 0.148 e. The van der Waals surface area contributed by atoms with Crippen molar-refractivity contribution in [3.05, 3.63) is 53.1 Å². The summed E-state index contributed by atoms with van der Waals surface area (Å²) in [7, 11) is 0. The number of nitrogens with zero attached hydrogens (tertiary/aromatic N) is 1. The molecule has 2 rings (SSSR count). The van der Waals surface area contributed by atoms with E-state index in [0.29, 0.717) is 17.1 Å². The number of rotatable bonds is 2. The fourth-order valence-corrected chi connectivity index (χ4v) is 1.80. The fraction of sp³-hybridized carbons (Fsp3) is 0.381. The predicted molar refractivity (Wildman–Crippen MR) is 103 cm³/mol. The first kappa shape index (κ1) is 23.8. The number of hydrogen-bond donors (Lipinski definition) is 1. The normalized spacial score (nSPS) is 8.12. The zero-order chi connectivity index (χ0) is 19.1. The maximum atomic E-state index is 9.21. The summed E-state index contributed by atoms with van der Waals surface area (Å²) >= 11 is 0. The van der Waals surface area contributed by atoms with Crippen LogP contribution in [-0.2, 0) is 0 Å². The Morgan fingerprint density at radius 2 is 1.38 bits per heavy atom. The molecule has 0 radical (unpaired) electrons. The van der Waals surface area contributed by atoms with Crippen molar-refractivity contribution in [3.63, 3.8) is 0 Å². The highest BCUT2D eigenvalue weighted by Gasteiger charge is 2.09. The van der Waals surface area contributed by atoms with Gasteiger partial charge in [0.25, 0.3) is 0 Å². The second-order valence-corrected chi connectivity index (χ2v) is 4.17. The van der Waals surface area contributed by atoms with Crippen LogP contribution in [0.1, 0.15) is 58.2 Å². The van der Waals surface area contributed by atoms with Gasteiger partial charge in [-0.2, -0.15) is 5.26 Å². The monoisotopic (exact) mass is 329 g/mol. The van der Waals surface area contributed by atoms with Gasteiger partial charge >= 0.3 is 0 Å². The Balaban J connectivity index is 0. The molecule has 24 heavy (non-hydrogen) atoms. The van der Waals surface area contributed by atoms with E-state index in [1.807, 2.05) is 61.5 Å². The van der Waals surface area contributed by atoms with E-state index in [2.05, 4.69) is 6.07 Å². The van der Waals surface area contributed by atoms with Crippen LogP contribution in [0, 0.1) is 25.2 Å². The average Bonchev–Trinajstić information content (AvgIpc) is 2.64. The van der Waals surface area contributed by atoms with Crippen LogP contribution in [0.3, 0.4) is 0 Å². The summed E-state index contributed by atoms with van der Waals surface area (Å²) in [5, 5.41) is 18.3. The summed E-state index contributed by atoms with van der Waals surface area (Å²) in [4.78, 5) is 0. The first-order valence-corrected chi connectivity index (χ1v) is 8.58. The van der Waals surface area contributed by atoms with Crippen molar-refractivity contribution in [2.75, 3.05) is 0 Å². The van der Waals surface area contributed by atoms with E-state index in [-0.39, 0.29) is 5.75 Å². The van der Waals surface area contributed by atoms with Crippen LogP contribution in [0.2, 0.25) is 0 Å². The van der Waals surface area contributed by atoms with Gasteiger partial charge in [0.15, 0.2) is 0 Å². The number of ether oxygens (including phenoxy) is 1. The number of phenolic OH excluding ortho intramolecular Hbond substituents is 1. The van der Waals surface area contributed by atoms with Gasteiger partial charge in [-0.05, 0) is 55.3 Å². The van der Waals surface area contributed by atoms with Gasteiger partial charge in [0, 0.05) is 0 Å². The highest BCUT2D eigenvalue weighted by molar-refractivity contribution is 5.52. The van der Waals surface area contributed by atoms with Gasteiger partial charge in [-0.15, -0.1) is 0 Å². The van der Waals surface area contributed by atoms with Crippen molar-refractivity contribution in [2.45, 2.75) is 55.4 Å². The molecule has 0 amide bonds. The van der Waals surface area contributed by atoms with E-state index in [9.17, 15) is 5.11 Å². The minimum Gasteiger partial charge on any atom is -0.508 e. The van der Waals surface area contributed by atoms with E-state index < -0.39 is 0 Å². The second kappa shape index (κ2) is 14.1. The molecule has 0 spiro atoms. The summed E-state index contributed by atoms with van der Waals surface area (Å²) < 4.78 is 5.71. The van der Waals surface area contributed by atoms with Gasteiger partial charge in [0.05, 0.1) is 5.56 Å². The van der Waals surface area contributed by atoms with E-state index in [0.717, 1.165) is 11.1 Å². The molecular formula is C21H31NO2. The van der Waals surface area contributed by atoms with Crippen LogP contribution >= 0.6 is 0 Å². The third-order valence-corrected chi connectivity index (χ3v) is 2.60. The Bertz CT molecular complexity index is 611. The SMILES string of the molecule is CC.CC.CC.Cc1cc(C)c(Oc2ccc(O)cc2)c(C#N)c1. The molecule has 0 atom stereocenters. The third-order valence-electron chi connectivity index (χ3n) is 2.60. The number of hydrogen-bond acceptors (Lipinski definition) is 3. The van der Waals surface area contributed by atoms with Crippen molar-refractivity contribution in [1.82, 2.24) is 0 Å². The molecule has 0 aliphatic heterocycles. The zero-order valence-electron chi connectivity index (χ0n) is 16.3. The molecule has 0 saturated carbocycles. The number of benzene rings is 2. The van der Waals surface area contributed by atoms with Gasteiger partial charge in [-0.25, -0.2) is 0 Å². The third kappa shape index (κ3) is 7.69. The van der Waals surface area contributed by atoms with Gasteiger partial charge in [-0.1, -0.05) is 47.6 Å². The predicted octanol–water partition coefficient (Wildman–Crippen LogP) is 6.75. The zero-order valence-corrected chi connectivity index (χ0v) is 16.3. The lowest BCUT2D eigenvalue weighted by atomic mass is 10.1. The average molecular weight is 329 g/mol. The smallest absolute Gasteiger partial charge is 0.148 e. The van der Waals surface area contributed by atoms with E-state index in [1.54, 1.807) is 30.3 Å². The summed E-state index contributed by atoms with van der Waals surface area (Å²) in [5.41, 5.74) is 2.46. The first-order valence-electron chi connectivity index (χ1n) is 8.58. The van der Waals surface area contributed by atoms with Crippen LogP contribution in [0.4, 0.5) is 0 Å². The maximum absolute atomic E-state index is 9.21. The van der Waals surface area contributed by atoms with E-state index in [1.165, 1.54) is 0 Å². The largest absolute Gasteiger partial charge is 0.508 e. The molecule has 0 aromatic heterocycles. The number of phenols is 1. The van der Waals surface area contributed by atoms with Crippen LogP contribution < -0.4 is 4.74 Å². The van der Waals surface area contributed by atoms with Crippen LogP contribution in [0.15, 0.2) is 36.4 Å². The minimum absolute atomic E-state index is 0.184. The first-order chi connectivity index (χ1) is 11.6. The van der Waals surface area contributed by atoms with Crippen LogP contribution in [-0.4, -0.2) is 5.11 Å². The van der Waals surface area contributed by atoms with Crippen LogP contribution in [0.5, 0.6) is 17.2 Å². The lowest BCUT2D eigenvalue weighted by Gasteiger charge is -2.11. The Morgan fingerprint density at radius 1 is 0.875 bits per heavy atom. The molecule has 0 bridgehead atoms. The molecule has 1 N–H and O–H groups in total. The van der Waals surface area contributed by atoms with Crippen molar-refractivity contribution in [2.24, 2.45) is 0 Å². The van der Waals surface area contributed by atoms with Gasteiger partial charge in [0.1, 0.15) is 23.3 Å². The quantitative estimate of drug-likeness (QED) is 0.662. The Kier molecular flexibility index (Phi) is 14.0. The molecule has 2 aromatic carbocycles. The highest BCUT2D eigenvalue weighted by atomic mass is 16.5. The van der Waals surface area contributed by atoms with E-state index in [4.69, 9.17) is 10.00 Å². The molecule has 3 heteroatoms. The number of nitriles is 1. The number of aryl methyl sites for hydroxylation is 2. The van der Waals surface area contributed by atoms with Gasteiger partial charge < -0.3 is 9.84 Å². The van der Waals surface area contributed by atoms with Crippen LogP contribution in [0.25, 0.3) is 0 Å². The summed E-state index contributed by atoms with van der Waals surface area (Å²) in [6, 6.07) is 12.3. The Morgan fingerprint density at radius 3 is 1.83 bits per heavy atom. The molecule has 132 valence electrons. The van der Waals surface area contributed by atoms with Gasteiger partial charge in [-0.3, -0.25) is 0 Å². The Labute approximate surface area is 147 Å². The Hall–Kier alpha value is -2.47. The minimum atomic E-state index is 0.184. The highest BCUT2D eigenvalue weighted by Crippen LogP contribution is 2.30. The second-order valence-electron chi connectivity index (χ2n) is 4.17. The lowest BCUT2D eigenvalue weighted by molar-refractivity contribution is 0.462. The van der Waals surface area contributed by atoms with Crippen molar-refractivity contribution >= 4 is 0 Å². The summed E-state index contributed by atoms with van der Waals surface area (Å²) in [6.45, 7) is 15.8. The molecule has 3 nitrogen and oxygen atoms in total. The molecule has 2 aromatic rings. The molecule has 0 heterocycles. The summed E-state index contributed by atoms with van der Waals surface area (Å²) in [6.07, 6.45) is 0. The standard InChI is InChI=1S/C15H13NO2.3C2H6/c1-10-7-11(2)15(12(8-10)9-16)18-14-5-3-13(17)4-6-14;3*1-2/h3-8,17H,1-2H3;3*1-2H3. The molecule has 0 aliphatic carbocycles. The van der Waals surface area contributed by atoms with Crippen molar-refractivity contribution in [3.8, 4) is 23.3 Å². The molecule has 0 unspecified atom stereocenters.